The van der Waals surface area contributed by atoms with Crippen molar-refractivity contribution in [1.82, 2.24) is 15.0 Å². The molecular weight excluding hydrogens is 690 g/mol. The molecule has 0 amide bonds. The Balaban J connectivity index is 0.000000743. The van der Waals surface area contributed by atoms with Crippen LogP contribution in [0.25, 0.3) is 34.2 Å². The molecular formula is C38H51N3O12. The van der Waals surface area contributed by atoms with Gasteiger partial charge in [0.15, 0.2) is 17.5 Å². The van der Waals surface area contributed by atoms with Crippen LogP contribution in [0.4, 0.5) is 0 Å². The standard InChI is InChI=1S/C32H37N3O9.C6H14O3/c1-20-3-5-22(6-4-20)30-33-31(26-9-7-24(15-28(26)39)43-13-11-41-18-21(2)37)35-32(34-30)27-10-8-25(16-29(27)40)44-14-12-42-19-23(38)17-36;1-2-3-9-5-6(8)4-7/h3-10,15-16,21,23,36-40H,11-14,17-19H2,1-2H3;6-8H,2-5H2,1H3. The van der Waals surface area contributed by atoms with E-state index in [4.69, 9.17) is 39.0 Å². The highest BCUT2D eigenvalue weighted by Gasteiger charge is 2.18. The molecule has 4 aromatic rings. The van der Waals surface area contributed by atoms with Crippen LogP contribution < -0.4 is 9.47 Å². The molecule has 4 rings (SSSR count). The van der Waals surface area contributed by atoms with Crippen LogP contribution in [0.1, 0.15) is 25.8 Å². The number of nitrogens with zero attached hydrogens (tertiary/aromatic N) is 3. The number of hydrogen-bond acceptors (Lipinski definition) is 15. The summed E-state index contributed by atoms with van der Waals surface area (Å²) in [5.41, 5.74) is 2.46. The third-order valence-corrected chi connectivity index (χ3v) is 7.11. The molecule has 3 atom stereocenters. The first-order chi connectivity index (χ1) is 25.5. The van der Waals surface area contributed by atoms with Gasteiger partial charge in [0.25, 0.3) is 0 Å². The fourth-order valence-electron chi connectivity index (χ4n) is 4.41. The lowest BCUT2D eigenvalue weighted by Gasteiger charge is -2.13. The fraction of sp³-hybridized carbons (Fsp3) is 0.447. The van der Waals surface area contributed by atoms with Gasteiger partial charge in [0.1, 0.15) is 48.4 Å². The lowest BCUT2D eigenvalue weighted by molar-refractivity contribution is -0.00139. The third-order valence-electron chi connectivity index (χ3n) is 7.11. The second-order valence-corrected chi connectivity index (χ2v) is 12.0. The average molecular weight is 742 g/mol. The number of aromatic hydroxyl groups is 2. The van der Waals surface area contributed by atoms with Gasteiger partial charge in [-0.3, -0.25) is 0 Å². The summed E-state index contributed by atoms with van der Waals surface area (Å²) in [5.74, 6) is 1.29. The number of rotatable bonds is 21. The highest BCUT2D eigenvalue weighted by atomic mass is 16.5. The third kappa shape index (κ3) is 15.2. The maximum atomic E-state index is 10.9. The van der Waals surface area contributed by atoms with E-state index in [9.17, 15) is 20.4 Å². The SMILES string of the molecule is CCCOCC(O)CO.Cc1ccc(-c2nc(-c3ccc(OCCOCC(C)O)cc3O)nc(-c3ccc(OCCOCC(O)CO)cc3O)n2)cc1. The van der Waals surface area contributed by atoms with E-state index in [1.807, 2.05) is 38.1 Å². The number of aliphatic hydroxyl groups is 5. The molecule has 0 aliphatic heterocycles. The number of aromatic nitrogens is 3. The number of benzene rings is 3. The normalized spacial score (nSPS) is 12.8. The summed E-state index contributed by atoms with van der Waals surface area (Å²) in [6.45, 7) is 6.93. The molecule has 0 saturated carbocycles. The Morgan fingerprint density at radius 3 is 1.47 bits per heavy atom. The van der Waals surface area contributed by atoms with Crippen molar-refractivity contribution in [3.63, 3.8) is 0 Å². The minimum Gasteiger partial charge on any atom is -0.507 e. The zero-order valence-electron chi connectivity index (χ0n) is 30.3. The molecule has 15 heteroatoms. The van der Waals surface area contributed by atoms with E-state index >= 15 is 0 Å². The van der Waals surface area contributed by atoms with Gasteiger partial charge in [0.2, 0.25) is 0 Å². The summed E-state index contributed by atoms with van der Waals surface area (Å²) in [6, 6.07) is 17.1. The molecule has 290 valence electrons. The summed E-state index contributed by atoms with van der Waals surface area (Å²) >= 11 is 0. The molecule has 1 heterocycles. The number of ether oxygens (including phenoxy) is 5. The van der Waals surface area contributed by atoms with Gasteiger partial charge in [-0.1, -0.05) is 36.8 Å². The van der Waals surface area contributed by atoms with Gasteiger partial charge in [-0.15, -0.1) is 0 Å². The minimum atomic E-state index is -0.950. The summed E-state index contributed by atoms with van der Waals surface area (Å²) in [5, 5.41) is 66.3. The lowest BCUT2D eigenvalue weighted by atomic mass is 10.1. The Hall–Kier alpha value is -4.45. The van der Waals surface area contributed by atoms with Crippen molar-refractivity contribution >= 4 is 0 Å². The van der Waals surface area contributed by atoms with Crippen LogP contribution in [0, 0.1) is 6.92 Å². The Morgan fingerprint density at radius 2 is 1.04 bits per heavy atom. The highest BCUT2D eigenvalue weighted by Crippen LogP contribution is 2.35. The van der Waals surface area contributed by atoms with Crippen LogP contribution in [-0.2, 0) is 14.2 Å². The van der Waals surface area contributed by atoms with E-state index in [1.165, 1.54) is 12.1 Å². The number of phenolic OH excluding ortho intramolecular Hbond substituents is 2. The molecule has 1 aromatic heterocycles. The number of hydrogen-bond donors (Lipinski definition) is 7. The maximum absolute atomic E-state index is 10.9. The van der Waals surface area contributed by atoms with Gasteiger partial charge in [0, 0.05) is 24.3 Å². The predicted octanol–water partition coefficient (Wildman–Crippen LogP) is 2.88. The first kappa shape index (κ1) is 43.0. The van der Waals surface area contributed by atoms with Crippen LogP contribution in [0.5, 0.6) is 23.0 Å². The largest absolute Gasteiger partial charge is 0.507 e. The predicted molar refractivity (Wildman–Crippen MR) is 196 cm³/mol. The van der Waals surface area contributed by atoms with E-state index in [-0.39, 0.29) is 82.6 Å². The summed E-state index contributed by atoms with van der Waals surface area (Å²) in [7, 11) is 0. The Morgan fingerprint density at radius 1 is 0.585 bits per heavy atom. The second-order valence-electron chi connectivity index (χ2n) is 12.0. The first-order valence-electron chi connectivity index (χ1n) is 17.3. The summed E-state index contributed by atoms with van der Waals surface area (Å²) in [6.07, 6.45) is -1.28. The monoisotopic (exact) mass is 741 g/mol. The van der Waals surface area contributed by atoms with E-state index in [0.717, 1.165) is 17.5 Å². The minimum absolute atomic E-state index is 0.0137. The molecule has 0 aliphatic rings. The van der Waals surface area contributed by atoms with Gasteiger partial charge >= 0.3 is 0 Å². The fourth-order valence-corrected chi connectivity index (χ4v) is 4.41. The second kappa shape index (κ2) is 23.3. The molecule has 0 aliphatic carbocycles. The quantitative estimate of drug-likeness (QED) is 0.0610. The van der Waals surface area contributed by atoms with Crippen LogP contribution >= 0.6 is 0 Å². The average Bonchev–Trinajstić information content (AvgIpc) is 3.14. The molecule has 0 bridgehead atoms. The van der Waals surface area contributed by atoms with E-state index < -0.39 is 18.3 Å². The van der Waals surface area contributed by atoms with Crippen molar-refractivity contribution in [1.29, 1.82) is 0 Å². The molecule has 0 saturated heterocycles. The van der Waals surface area contributed by atoms with Crippen LogP contribution in [0.3, 0.4) is 0 Å². The van der Waals surface area contributed by atoms with E-state index in [2.05, 4.69) is 15.0 Å². The van der Waals surface area contributed by atoms with Crippen molar-refractivity contribution < 1.29 is 59.4 Å². The Labute approximate surface area is 309 Å². The molecule has 3 unspecified atom stereocenters. The summed E-state index contributed by atoms with van der Waals surface area (Å²) < 4.78 is 26.7. The zero-order chi connectivity index (χ0) is 38.6. The molecule has 7 N–H and O–H groups in total. The van der Waals surface area contributed by atoms with E-state index in [0.29, 0.717) is 35.1 Å². The highest BCUT2D eigenvalue weighted by molar-refractivity contribution is 5.72. The summed E-state index contributed by atoms with van der Waals surface area (Å²) in [4.78, 5) is 13.8. The molecule has 53 heavy (non-hydrogen) atoms. The topological polar surface area (TPSA) is 226 Å². The van der Waals surface area contributed by atoms with Gasteiger partial charge in [0.05, 0.1) is 63.5 Å². The van der Waals surface area contributed by atoms with Crippen molar-refractivity contribution in [3.8, 4) is 57.2 Å². The first-order valence-corrected chi connectivity index (χ1v) is 17.3. The van der Waals surface area contributed by atoms with Gasteiger partial charge in [-0.25, -0.2) is 15.0 Å². The number of phenols is 2. The van der Waals surface area contributed by atoms with E-state index in [1.54, 1.807) is 31.2 Å². The van der Waals surface area contributed by atoms with Gasteiger partial charge in [-0.2, -0.15) is 0 Å². The molecule has 3 aromatic carbocycles. The smallest absolute Gasteiger partial charge is 0.167 e. The van der Waals surface area contributed by atoms with Crippen LogP contribution in [0.2, 0.25) is 0 Å². The van der Waals surface area contributed by atoms with Crippen molar-refractivity contribution in [3.05, 3.63) is 66.2 Å². The van der Waals surface area contributed by atoms with Crippen LogP contribution in [0.15, 0.2) is 60.7 Å². The molecule has 15 nitrogen and oxygen atoms in total. The molecule has 0 radical (unpaired) electrons. The van der Waals surface area contributed by atoms with Gasteiger partial charge < -0.3 is 59.4 Å². The number of aryl methyl sites for hydroxylation is 1. The Bertz CT molecular complexity index is 1640. The van der Waals surface area contributed by atoms with Gasteiger partial charge in [-0.05, 0) is 44.5 Å². The van der Waals surface area contributed by atoms with Crippen molar-refractivity contribution in [2.45, 2.75) is 45.5 Å². The lowest BCUT2D eigenvalue weighted by Crippen LogP contribution is -2.21. The van der Waals surface area contributed by atoms with Crippen LogP contribution in [-0.4, -0.2) is 135 Å². The zero-order valence-corrected chi connectivity index (χ0v) is 30.3. The number of aliphatic hydroxyl groups excluding tert-OH is 5. The Kier molecular flexibility index (Phi) is 18.9. The maximum Gasteiger partial charge on any atom is 0.167 e. The molecule has 0 spiro atoms. The van der Waals surface area contributed by atoms with Crippen molar-refractivity contribution in [2.24, 2.45) is 0 Å². The molecule has 0 fully saturated rings. The van der Waals surface area contributed by atoms with Crippen molar-refractivity contribution in [2.75, 3.05) is 66.1 Å².